The maximum Gasteiger partial charge on any atom is 0.252 e. The number of carbonyl (C=O) groups excluding carboxylic acids is 1. The van der Waals surface area contributed by atoms with Gasteiger partial charge in [0.05, 0.1) is 10.9 Å². The van der Waals surface area contributed by atoms with Crippen LogP contribution >= 0.6 is 0 Å². The third-order valence-corrected chi connectivity index (χ3v) is 3.23. The Morgan fingerprint density at radius 3 is 2.65 bits per heavy atom. The highest BCUT2D eigenvalue weighted by molar-refractivity contribution is 7.90. The predicted molar refractivity (Wildman–Crippen MR) is 65.3 cm³/mol. The summed E-state index contributed by atoms with van der Waals surface area (Å²) in [6.45, 7) is 1.66. The van der Waals surface area contributed by atoms with Gasteiger partial charge in [0.2, 0.25) is 0 Å². The number of hydrogen-bond acceptors (Lipinski definition) is 3. The fourth-order valence-corrected chi connectivity index (χ4v) is 1.86. The van der Waals surface area contributed by atoms with Crippen molar-refractivity contribution in [3.8, 4) is 12.3 Å². The second kappa shape index (κ2) is 5.02. The van der Waals surface area contributed by atoms with Gasteiger partial charge >= 0.3 is 0 Å². The highest BCUT2D eigenvalue weighted by Crippen LogP contribution is 2.11. The summed E-state index contributed by atoms with van der Waals surface area (Å²) >= 11 is 0. The largest absolute Gasteiger partial charge is 0.339 e. The van der Waals surface area contributed by atoms with E-state index in [0.717, 1.165) is 6.26 Å². The van der Waals surface area contributed by atoms with Crippen LogP contribution in [0.2, 0.25) is 0 Å². The molecule has 0 aliphatic carbocycles. The zero-order chi connectivity index (χ0) is 13.1. The van der Waals surface area contributed by atoms with Gasteiger partial charge in [0.1, 0.15) is 0 Å². The number of rotatable bonds is 3. The molecule has 1 aromatic carbocycles. The van der Waals surface area contributed by atoms with Crippen LogP contribution in [0.3, 0.4) is 0 Å². The van der Waals surface area contributed by atoms with Gasteiger partial charge in [-0.05, 0) is 25.1 Å². The van der Waals surface area contributed by atoms with E-state index in [9.17, 15) is 13.2 Å². The Morgan fingerprint density at radius 2 is 2.12 bits per heavy atom. The van der Waals surface area contributed by atoms with Crippen LogP contribution in [0.25, 0.3) is 0 Å². The molecule has 1 unspecified atom stereocenters. The van der Waals surface area contributed by atoms with Crippen LogP contribution in [0.5, 0.6) is 0 Å². The summed E-state index contributed by atoms with van der Waals surface area (Å²) in [6, 6.07) is 5.42. The summed E-state index contributed by atoms with van der Waals surface area (Å²) in [5, 5.41) is 2.55. The van der Waals surface area contributed by atoms with E-state index >= 15 is 0 Å². The Bertz CT molecular complexity index is 570. The molecule has 1 rings (SSSR count). The van der Waals surface area contributed by atoms with Gasteiger partial charge in [-0.2, -0.15) is 0 Å². The zero-order valence-electron chi connectivity index (χ0n) is 9.60. The number of hydrogen-bond donors (Lipinski definition) is 1. The van der Waals surface area contributed by atoms with Gasteiger partial charge in [-0.25, -0.2) is 8.42 Å². The summed E-state index contributed by atoms with van der Waals surface area (Å²) < 4.78 is 22.6. The average Bonchev–Trinajstić information content (AvgIpc) is 2.28. The van der Waals surface area contributed by atoms with Gasteiger partial charge in [-0.15, -0.1) is 6.42 Å². The van der Waals surface area contributed by atoms with Crippen LogP contribution in [0, 0.1) is 12.3 Å². The summed E-state index contributed by atoms with van der Waals surface area (Å²) in [4.78, 5) is 11.8. The molecule has 5 heteroatoms. The Hall–Kier alpha value is -1.80. The normalized spacial score (nSPS) is 12.5. The third-order valence-electron chi connectivity index (χ3n) is 2.12. The van der Waals surface area contributed by atoms with Gasteiger partial charge in [-0.3, -0.25) is 4.79 Å². The lowest BCUT2D eigenvalue weighted by Crippen LogP contribution is -2.31. The van der Waals surface area contributed by atoms with Crippen molar-refractivity contribution in [2.45, 2.75) is 17.9 Å². The fraction of sp³-hybridized carbons (Fsp3) is 0.250. The van der Waals surface area contributed by atoms with Crippen molar-refractivity contribution in [1.82, 2.24) is 5.32 Å². The summed E-state index contributed by atoms with van der Waals surface area (Å²) in [5.74, 6) is 1.97. The number of carbonyl (C=O) groups is 1. The molecule has 1 atom stereocenters. The third kappa shape index (κ3) is 3.61. The second-order valence-electron chi connectivity index (χ2n) is 3.66. The molecule has 1 amide bonds. The highest BCUT2D eigenvalue weighted by atomic mass is 32.2. The van der Waals surface area contributed by atoms with E-state index in [1.54, 1.807) is 6.92 Å². The maximum absolute atomic E-state index is 11.7. The molecule has 90 valence electrons. The minimum absolute atomic E-state index is 0.110. The van der Waals surface area contributed by atoms with Gasteiger partial charge in [0, 0.05) is 11.8 Å². The number of sulfone groups is 1. The van der Waals surface area contributed by atoms with Crippen molar-refractivity contribution < 1.29 is 13.2 Å². The first-order valence-corrected chi connectivity index (χ1v) is 6.81. The molecular formula is C12H13NO3S. The number of nitrogens with one attached hydrogen (secondary N) is 1. The topological polar surface area (TPSA) is 63.2 Å². The quantitative estimate of drug-likeness (QED) is 0.810. The van der Waals surface area contributed by atoms with Crippen LogP contribution in [-0.2, 0) is 9.84 Å². The van der Waals surface area contributed by atoms with Gasteiger partial charge in [0.25, 0.3) is 5.91 Å². The van der Waals surface area contributed by atoms with Crippen molar-refractivity contribution in [2.24, 2.45) is 0 Å². The molecule has 0 aromatic heterocycles. The number of benzene rings is 1. The molecule has 17 heavy (non-hydrogen) atoms. The van der Waals surface area contributed by atoms with E-state index in [2.05, 4.69) is 11.2 Å². The van der Waals surface area contributed by atoms with Crippen molar-refractivity contribution in [3.05, 3.63) is 29.8 Å². The lowest BCUT2D eigenvalue weighted by molar-refractivity contribution is 0.0948. The summed E-state index contributed by atoms with van der Waals surface area (Å²) in [6.07, 6.45) is 6.23. The van der Waals surface area contributed by atoms with Crippen LogP contribution < -0.4 is 5.32 Å². The highest BCUT2D eigenvalue weighted by Gasteiger charge is 2.12. The minimum Gasteiger partial charge on any atom is -0.339 e. The number of terminal acetylenes is 1. The molecule has 0 heterocycles. The Morgan fingerprint density at radius 1 is 1.47 bits per heavy atom. The van der Waals surface area contributed by atoms with Crippen molar-refractivity contribution in [2.75, 3.05) is 6.26 Å². The van der Waals surface area contributed by atoms with Gasteiger partial charge < -0.3 is 5.32 Å². The van der Waals surface area contributed by atoms with Crippen LogP contribution in [-0.4, -0.2) is 26.6 Å². The van der Waals surface area contributed by atoms with E-state index in [4.69, 9.17) is 6.42 Å². The van der Waals surface area contributed by atoms with Crippen molar-refractivity contribution >= 4 is 15.7 Å². The lowest BCUT2D eigenvalue weighted by Gasteiger charge is -2.08. The second-order valence-corrected chi connectivity index (χ2v) is 5.68. The first-order chi connectivity index (χ1) is 7.84. The van der Waals surface area contributed by atoms with Crippen molar-refractivity contribution in [3.63, 3.8) is 0 Å². The van der Waals surface area contributed by atoms with E-state index in [-0.39, 0.29) is 16.4 Å². The molecule has 0 aliphatic rings. The monoisotopic (exact) mass is 251 g/mol. The van der Waals surface area contributed by atoms with E-state index in [1.165, 1.54) is 24.3 Å². The van der Waals surface area contributed by atoms with E-state index < -0.39 is 15.9 Å². The van der Waals surface area contributed by atoms with E-state index in [1.807, 2.05) is 0 Å². The molecule has 0 saturated heterocycles. The molecular weight excluding hydrogens is 238 g/mol. The minimum atomic E-state index is -3.31. The fourth-order valence-electron chi connectivity index (χ4n) is 1.19. The standard InChI is InChI=1S/C12H13NO3S/c1-4-9(2)13-12(14)10-6-5-7-11(8-10)17(3,15)16/h1,5-9H,2-3H3,(H,13,14). The summed E-state index contributed by atoms with van der Waals surface area (Å²) in [7, 11) is -3.31. The smallest absolute Gasteiger partial charge is 0.252 e. The van der Waals surface area contributed by atoms with Gasteiger partial charge in [0.15, 0.2) is 9.84 Å². The predicted octanol–water partition coefficient (Wildman–Crippen LogP) is 0.842. The van der Waals surface area contributed by atoms with Crippen LogP contribution in [0.4, 0.5) is 0 Å². The van der Waals surface area contributed by atoms with Gasteiger partial charge in [-0.1, -0.05) is 12.0 Å². The first-order valence-electron chi connectivity index (χ1n) is 4.91. The lowest BCUT2D eigenvalue weighted by atomic mass is 10.2. The molecule has 4 nitrogen and oxygen atoms in total. The molecule has 0 radical (unpaired) electrons. The number of amides is 1. The molecule has 0 aliphatic heterocycles. The Kier molecular flexibility index (Phi) is 3.92. The van der Waals surface area contributed by atoms with E-state index in [0.29, 0.717) is 0 Å². The Labute approximate surface area is 101 Å². The molecule has 1 N–H and O–H groups in total. The maximum atomic E-state index is 11.7. The zero-order valence-corrected chi connectivity index (χ0v) is 10.4. The molecule has 0 saturated carbocycles. The average molecular weight is 251 g/mol. The van der Waals surface area contributed by atoms with Crippen molar-refractivity contribution in [1.29, 1.82) is 0 Å². The Balaban J connectivity index is 3.02. The molecule has 0 spiro atoms. The molecule has 0 fully saturated rings. The van der Waals surface area contributed by atoms with Crippen LogP contribution in [0.1, 0.15) is 17.3 Å². The summed E-state index contributed by atoms with van der Waals surface area (Å²) in [5.41, 5.74) is 0.273. The molecule has 1 aromatic rings. The SMILES string of the molecule is C#CC(C)NC(=O)c1cccc(S(C)(=O)=O)c1. The molecule has 0 bridgehead atoms. The van der Waals surface area contributed by atoms with Crippen LogP contribution in [0.15, 0.2) is 29.2 Å². The first kappa shape index (κ1) is 13.3.